The summed E-state index contributed by atoms with van der Waals surface area (Å²) < 4.78 is 0. The molecule has 2 amide bonds. The highest BCUT2D eigenvalue weighted by Crippen LogP contribution is 2.28. The molecule has 6 nitrogen and oxygen atoms in total. The number of amides is 2. The molecule has 2 heterocycles. The minimum absolute atomic E-state index is 0.0599. The summed E-state index contributed by atoms with van der Waals surface area (Å²) in [5.41, 5.74) is 7.45. The van der Waals surface area contributed by atoms with Crippen LogP contribution in [0.15, 0.2) is 30.3 Å². The number of carbonyl (C=O) groups excluding carboxylic acids is 2. The molecule has 25 heavy (non-hydrogen) atoms. The van der Waals surface area contributed by atoms with E-state index in [4.69, 9.17) is 0 Å². The molecule has 2 aliphatic heterocycles. The Balaban J connectivity index is 1.78. The average Bonchev–Trinajstić information content (AvgIpc) is 3.13. The van der Waals surface area contributed by atoms with Crippen molar-refractivity contribution in [3.8, 4) is 0 Å². The maximum absolute atomic E-state index is 13.3. The van der Waals surface area contributed by atoms with E-state index in [1.807, 2.05) is 42.3 Å². The monoisotopic (exact) mass is 344 g/mol. The Morgan fingerprint density at radius 1 is 1.24 bits per heavy atom. The summed E-state index contributed by atoms with van der Waals surface area (Å²) in [4.78, 5) is 29.5. The molecule has 2 aliphatic rings. The van der Waals surface area contributed by atoms with E-state index in [9.17, 15) is 9.59 Å². The Hall–Kier alpha value is -1.92. The molecule has 1 aromatic carbocycles. The topological polar surface area (TPSA) is 64.7 Å². The van der Waals surface area contributed by atoms with Crippen LogP contribution in [-0.4, -0.2) is 54.3 Å². The van der Waals surface area contributed by atoms with Gasteiger partial charge in [-0.3, -0.25) is 15.0 Å². The minimum atomic E-state index is -0.316. The van der Waals surface area contributed by atoms with Crippen molar-refractivity contribution < 1.29 is 9.59 Å². The molecule has 136 valence electrons. The Kier molecular flexibility index (Phi) is 5.71. The highest BCUT2D eigenvalue weighted by molar-refractivity contribution is 5.90. The smallest absolute Gasteiger partial charge is 0.245 e. The van der Waals surface area contributed by atoms with Crippen molar-refractivity contribution in [1.29, 1.82) is 0 Å². The van der Waals surface area contributed by atoms with Gasteiger partial charge in [-0.1, -0.05) is 50.1 Å². The van der Waals surface area contributed by atoms with Crippen molar-refractivity contribution in [2.45, 2.75) is 38.3 Å². The fraction of sp³-hybridized carbons (Fsp3) is 0.579. The van der Waals surface area contributed by atoms with Crippen molar-refractivity contribution >= 4 is 11.8 Å². The summed E-state index contributed by atoms with van der Waals surface area (Å²) >= 11 is 0. The van der Waals surface area contributed by atoms with E-state index in [-0.39, 0.29) is 29.8 Å². The fourth-order valence-electron chi connectivity index (χ4n) is 3.77. The standard InChI is InChI=1S/C19H28N4O2/c1-3-4-10-16-19(25)22(2)11-12-23(16)18(24)15-13-20-21-17(15)14-8-6-5-7-9-14/h5-9,15-17,20-21H,3-4,10-13H2,1-2H3. The zero-order valence-electron chi connectivity index (χ0n) is 15.1. The molecule has 0 spiro atoms. The maximum Gasteiger partial charge on any atom is 0.245 e. The van der Waals surface area contributed by atoms with Crippen molar-refractivity contribution in [2.24, 2.45) is 5.92 Å². The third-order valence-corrected chi connectivity index (χ3v) is 5.29. The third-order valence-electron chi connectivity index (χ3n) is 5.29. The molecular formula is C19H28N4O2. The molecule has 2 N–H and O–H groups in total. The van der Waals surface area contributed by atoms with Gasteiger partial charge in [-0.2, -0.15) is 0 Å². The third kappa shape index (κ3) is 3.70. The molecule has 2 fully saturated rings. The second kappa shape index (κ2) is 7.97. The van der Waals surface area contributed by atoms with Crippen molar-refractivity contribution in [3.05, 3.63) is 35.9 Å². The van der Waals surface area contributed by atoms with E-state index in [2.05, 4.69) is 17.8 Å². The lowest BCUT2D eigenvalue weighted by molar-refractivity contribution is -0.153. The molecule has 0 aromatic heterocycles. The van der Waals surface area contributed by atoms with Crippen molar-refractivity contribution in [2.75, 3.05) is 26.7 Å². The average molecular weight is 344 g/mol. The van der Waals surface area contributed by atoms with Crippen molar-refractivity contribution in [1.82, 2.24) is 20.7 Å². The molecular weight excluding hydrogens is 316 g/mol. The van der Waals surface area contributed by atoms with Crippen LogP contribution in [0.2, 0.25) is 0 Å². The number of rotatable bonds is 5. The predicted octanol–water partition coefficient (Wildman–Crippen LogP) is 1.31. The van der Waals surface area contributed by atoms with Crippen LogP contribution in [0.4, 0.5) is 0 Å². The molecule has 3 rings (SSSR count). The van der Waals surface area contributed by atoms with Gasteiger partial charge in [0.05, 0.1) is 12.0 Å². The Bertz CT molecular complexity index is 607. The summed E-state index contributed by atoms with van der Waals surface area (Å²) in [6.07, 6.45) is 2.72. The van der Waals surface area contributed by atoms with E-state index in [0.717, 1.165) is 24.8 Å². The van der Waals surface area contributed by atoms with Gasteiger partial charge in [0.25, 0.3) is 0 Å². The van der Waals surface area contributed by atoms with E-state index in [0.29, 0.717) is 19.6 Å². The van der Waals surface area contributed by atoms with Crippen molar-refractivity contribution in [3.63, 3.8) is 0 Å². The molecule has 6 heteroatoms. The number of likely N-dealkylation sites (N-methyl/N-ethyl adjacent to an activating group) is 1. The zero-order chi connectivity index (χ0) is 17.8. The van der Waals surface area contributed by atoms with Gasteiger partial charge in [0, 0.05) is 26.7 Å². The van der Waals surface area contributed by atoms with Gasteiger partial charge in [0.2, 0.25) is 11.8 Å². The highest BCUT2D eigenvalue weighted by atomic mass is 16.2. The summed E-state index contributed by atoms with van der Waals surface area (Å²) in [5.74, 6) is -0.0418. The molecule has 0 saturated carbocycles. The van der Waals surface area contributed by atoms with E-state index in [1.54, 1.807) is 4.90 Å². The zero-order valence-corrected chi connectivity index (χ0v) is 15.1. The molecule has 3 unspecified atom stereocenters. The Morgan fingerprint density at radius 3 is 2.72 bits per heavy atom. The Labute approximate surface area is 149 Å². The number of carbonyl (C=O) groups is 2. The van der Waals surface area contributed by atoms with Crippen LogP contribution in [-0.2, 0) is 9.59 Å². The first-order valence-corrected chi connectivity index (χ1v) is 9.22. The van der Waals surface area contributed by atoms with Gasteiger partial charge in [0.1, 0.15) is 6.04 Å². The summed E-state index contributed by atoms with van der Waals surface area (Å²) in [6.45, 7) is 3.92. The lowest BCUT2D eigenvalue weighted by atomic mass is 9.92. The largest absolute Gasteiger partial charge is 0.342 e. The summed E-state index contributed by atoms with van der Waals surface area (Å²) in [5, 5.41) is 0. The fourth-order valence-corrected chi connectivity index (χ4v) is 3.77. The van der Waals surface area contributed by atoms with Crippen LogP contribution in [0, 0.1) is 5.92 Å². The van der Waals surface area contributed by atoms with E-state index < -0.39 is 0 Å². The molecule has 2 saturated heterocycles. The number of hydrazine groups is 1. The molecule has 0 radical (unpaired) electrons. The Morgan fingerprint density at radius 2 is 2.00 bits per heavy atom. The number of piperazine rings is 1. The van der Waals surface area contributed by atoms with Gasteiger partial charge in [-0.05, 0) is 12.0 Å². The minimum Gasteiger partial charge on any atom is -0.342 e. The van der Waals surface area contributed by atoms with Crippen LogP contribution in [0.5, 0.6) is 0 Å². The van der Waals surface area contributed by atoms with E-state index >= 15 is 0 Å². The number of nitrogens with one attached hydrogen (secondary N) is 2. The number of benzene rings is 1. The van der Waals surface area contributed by atoms with Crippen LogP contribution in [0.1, 0.15) is 37.8 Å². The van der Waals surface area contributed by atoms with Gasteiger partial charge >= 0.3 is 0 Å². The van der Waals surface area contributed by atoms with Crippen LogP contribution >= 0.6 is 0 Å². The normalized spacial score (nSPS) is 27.0. The van der Waals surface area contributed by atoms with Gasteiger partial charge in [-0.15, -0.1) is 0 Å². The number of hydrogen-bond acceptors (Lipinski definition) is 4. The lowest BCUT2D eigenvalue weighted by Crippen LogP contribution is -2.59. The van der Waals surface area contributed by atoms with Crippen LogP contribution in [0.25, 0.3) is 0 Å². The first kappa shape index (κ1) is 17.9. The SMILES string of the molecule is CCCCC1C(=O)N(C)CCN1C(=O)C1CNNC1c1ccccc1. The van der Waals surface area contributed by atoms with Crippen LogP contribution < -0.4 is 10.9 Å². The second-order valence-corrected chi connectivity index (χ2v) is 6.97. The summed E-state index contributed by atoms with van der Waals surface area (Å²) in [6, 6.07) is 9.64. The van der Waals surface area contributed by atoms with Gasteiger partial charge in [0.15, 0.2) is 0 Å². The predicted molar refractivity (Wildman–Crippen MR) is 96.5 cm³/mol. The second-order valence-electron chi connectivity index (χ2n) is 6.97. The molecule has 0 aliphatic carbocycles. The molecule has 0 bridgehead atoms. The van der Waals surface area contributed by atoms with Gasteiger partial charge < -0.3 is 9.80 Å². The maximum atomic E-state index is 13.3. The lowest BCUT2D eigenvalue weighted by Gasteiger charge is -2.40. The number of nitrogens with zero attached hydrogens (tertiary/aromatic N) is 2. The number of unbranched alkanes of at least 4 members (excludes halogenated alkanes) is 1. The first-order chi connectivity index (χ1) is 12.1. The summed E-state index contributed by atoms with van der Waals surface area (Å²) in [7, 11) is 1.83. The molecule has 1 aromatic rings. The first-order valence-electron chi connectivity index (χ1n) is 9.22. The van der Waals surface area contributed by atoms with Gasteiger partial charge in [-0.25, -0.2) is 5.43 Å². The molecule has 3 atom stereocenters. The van der Waals surface area contributed by atoms with Crippen LogP contribution in [0.3, 0.4) is 0 Å². The highest BCUT2D eigenvalue weighted by Gasteiger charge is 2.42. The van der Waals surface area contributed by atoms with E-state index in [1.165, 1.54) is 0 Å². The number of hydrogen-bond donors (Lipinski definition) is 2. The quantitative estimate of drug-likeness (QED) is 0.845.